The molecule has 0 radical (unpaired) electrons. The Hall–Kier alpha value is -0.0400. The fourth-order valence-electron chi connectivity index (χ4n) is 1.57. The van der Waals surface area contributed by atoms with E-state index < -0.39 is 0 Å². The highest BCUT2D eigenvalue weighted by molar-refractivity contribution is 4.57. The molecule has 0 aromatic heterocycles. The van der Waals surface area contributed by atoms with Gasteiger partial charge in [0.05, 0.1) is 0 Å². The van der Waals surface area contributed by atoms with E-state index in [2.05, 4.69) is 20.8 Å². The van der Waals surface area contributed by atoms with Crippen LogP contribution in [-0.2, 0) is 4.74 Å². The molecule has 0 aliphatic heterocycles. The van der Waals surface area contributed by atoms with Crippen molar-refractivity contribution in [2.45, 2.75) is 46.5 Å². The van der Waals surface area contributed by atoms with Crippen molar-refractivity contribution in [3.8, 4) is 0 Å². The van der Waals surface area contributed by atoms with E-state index in [0.717, 1.165) is 18.4 Å². The van der Waals surface area contributed by atoms with Crippen LogP contribution in [0.4, 0.5) is 0 Å². The van der Waals surface area contributed by atoms with Gasteiger partial charge < -0.3 is 4.74 Å². The topological polar surface area (TPSA) is 9.23 Å². The molecule has 2 atom stereocenters. The van der Waals surface area contributed by atoms with Crippen molar-refractivity contribution in [2.24, 2.45) is 11.8 Å². The van der Waals surface area contributed by atoms with Gasteiger partial charge in [0.15, 0.2) is 0 Å². The smallest absolute Gasteiger partial charge is 0.0487 e. The molecule has 1 heteroatoms. The van der Waals surface area contributed by atoms with Crippen molar-refractivity contribution in [1.29, 1.82) is 0 Å². The Balaban J connectivity index is 3.27. The van der Waals surface area contributed by atoms with Crippen LogP contribution >= 0.6 is 0 Å². The van der Waals surface area contributed by atoms with E-state index in [9.17, 15) is 0 Å². The van der Waals surface area contributed by atoms with Gasteiger partial charge >= 0.3 is 0 Å². The van der Waals surface area contributed by atoms with Gasteiger partial charge in [-0.1, -0.05) is 40.0 Å². The summed E-state index contributed by atoms with van der Waals surface area (Å²) in [5.41, 5.74) is 0. The van der Waals surface area contributed by atoms with Crippen LogP contribution in [0.3, 0.4) is 0 Å². The lowest BCUT2D eigenvalue weighted by molar-refractivity contribution is 0.152. The van der Waals surface area contributed by atoms with E-state index in [4.69, 9.17) is 4.74 Å². The van der Waals surface area contributed by atoms with E-state index in [1.54, 1.807) is 7.11 Å². The molecule has 0 fully saturated rings. The summed E-state index contributed by atoms with van der Waals surface area (Å²) in [5, 5.41) is 0. The molecule has 0 heterocycles. The lowest BCUT2D eigenvalue weighted by atomic mass is 9.95. The molecule has 0 aromatic rings. The monoisotopic (exact) mass is 172 g/mol. The Morgan fingerprint density at radius 2 is 1.58 bits per heavy atom. The number of rotatable bonds is 7. The van der Waals surface area contributed by atoms with Crippen LogP contribution in [0.15, 0.2) is 0 Å². The summed E-state index contributed by atoms with van der Waals surface area (Å²) in [5.74, 6) is 1.63. The number of hydrogen-bond donors (Lipinski definition) is 0. The maximum Gasteiger partial charge on any atom is 0.0487 e. The van der Waals surface area contributed by atoms with Crippen molar-refractivity contribution >= 4 is 0 Å². The third-order valence-electron chi connectivity index (χ3n) is 2.38. The summed E-state index contributed by atoms with van der Waals surface area (Å²) in [6.45, 7) is 7.79. The summed E-state index contributed by atoms with van der Waals surface area (Å²) in [7, 11) is 1.78. The largest absolute Gasteiger partial charge is 0.384 e. The molecule has 0 amide bonds. The van der Waals surface area contributed by atoms with Gasteiger partial charge in [-0.2, -0.15) is 0 Å². The molecule has 0 rings (SSSR count). The maximum absolute atomic E-state index is 5.10. The molecule has 1 nitrogen and oxygen atoms in total. The lowest BCUT2D eigenvalue weighted by Crippen LogP contribution is -2.05. The minimum Gasteiger partial charge on any atom is -0.384 e. The van der Waals surface area contributed by atoms with Crippen LogP contribution in [0.25, 0.3) is 0 Å². The van der Waals surface area contributed by atoms with Crippen LogP contribution in [0.1, 0.15) is 46.5 Å². The molecular weight excluding hydrogens is 148 g/mol. The molecule has 12 heavy (non-hydrogen) atoms. The van der Waals surface area contributed by atoms with Crippen LogP contribution in [-0.4, -0.2) is 13.7 Å². The molecule has 0 spiro atoms. The first-order valence-corrected chi connectivity index (χ1v) is 5.19. The number of ether oxygens (including phenoxy) is 1. The quantitative estimate of drug-likeness (QED) is 0.571. The fraction of sp³-hybridized carbons (Fsp3) is 1.00. The highest BCUT2D eigenvalue weighted by Crippen LogP contribution is 2.16. The molecule has 0 aliphatic rings. The van der Waals surface area contributed by atoms with Gasteiger partial charge in [0.25, 0.3) is 0 Å². The van der Waals surface area contributed by atoms with Crippen molar-refractivity contribution in [2.75, 3.05) is 13.7 Å². The van der Waals surface area contributed by atoms with Crippen molar-refractivity contribution in [1.82, 2.24) is 0 Å². The van der Waals surface area contributed by atoms with Gasteiger partial charge in [0.1, 0.15) is 0 Å². The van der Waals surface area contributed by atoms with Gasteiger partial charge in [-0.15, -0.1) is 0 Å². The van der Waals surface area contributed by atoms with Gasteiger partial charge in [0, 0.05) is 13.7 Å². The van der Waals surface area contributed by atoms with Gasteiger partial charge in [-0.3, -0.25) is 0 Å². The van der Waals surface area contributed by atoms with Crippen molar-refractivity contribution < 1.29 is 4.74 Å². The van der Waals surface area contributed by atoms with E-state index in [0.29, 0.717) is 0 Å². The van der Waals surface area contributed by atoms with Crippen LogP contribution in [0.2, 0.25) is 0 Å². The lowest BCUT2D eigenvalue weighted by Gasteiger charge is -2.13. The molecule has 0 saturated carbocycles. The van der Waals surface area contributed by atoms with E-state index >= 15 is 0 Å². The first-order chi connectivity index (χ1) is 5.70. The Morgan fingerprint density at radius 3 is 2.08 bits per heavy atom. The second-order valence-corrected chi connectivity index (χ2v) is 4.03. The second-order valence-electron chi connectivity index (χ2n) is 4.03. The van der Waals surface area contributed by atoms with Gasteiger partial charge in [0.2, 0.25) is 0 Å². The standard InChI is InChI=1S/C11H24O/c1-5-6-10(2)7-8-11(3)9-12-4/h10-11H,5-9H2,1-4H3/t10?,11-/m1/s1. The molecule has 74 valence electrons. The summed E-state index contributed by atoms with van der Waals surface area (Å²) < 4.78 is 5.10. The Labute approximate surface area is 77.5 Å². The maximum atomic E-state index is 5.10. The Bertz CT molecular complexity index is 79.0. The summed E-state index contributed by atoms with van der Waals surface area (Å²) >= 11 is 0. The molecule has 0 aromatic carbocycles. The highest BCUT2D eigenvalue weighted by atomic mass is 16.5. The van der Waals surface area contributed by atoms with Crippen LogP contribution in [0.5, 0.6) is 0 Å². The summed E-state index contributed by atoms with van der Waals surface area (Å²) in [4.78, 5) is 0. The fourth-order valence-corrected chi connectivity index (χ4v) is 1.57. The molecule has 0 bridgehead atoms. The molecule has 1 unspecified atom stereocenters. The zero-order valence-corrected chi connectivity index (χ0v) is 9.10. The van der Waals surface area contributed by atoms with E-state index in [1.807, 2.05) is 0 Å². The zero-order valence-electron chi connectivity index (χ0n) is 9.10. The predicted molar refractivity (Wildman–Crippen MR) is 54.3 cm³/mol. The van der Waals surface area contributed by atoms with Crippen LogP contribution in [0, 0.1) is 11.8 Å². The molecular formula is C11H24O. The molecule has 0 N–H and O–H groups in total. The van der Waals surface area contributed by atoms with E-state index in [-0.39, 0.29) is 0 Å². The first kappa shape index (κ1) is 12.0. The van der Waals surface area contributed by atoms with Crippen molar-refractivity contribution in [3.63, 3.8) is 0 Å². The second kappa shape index (κ2) is 7.60. The average molecular weight is 172 g/mol. The molecule has 0 aliphatic carbocycles. The zero-order chi connectivity index (χ0) is 9.40. The molecule has 0 saturated heterocycles. The van der Waals surface area contributed by atoms with Crippen LogP contribution < -0.4 is 0 Å². The first-order valence-electron chi connectivity index (χ1n) is 5.19. The predicted octanol–water partition coefficient (Wildman–Crippen LogP) is 3.49. The minimum atomic E-state index is 0.731. The third-order valence-corrected chi connectivity index (χ3v) is 2.38. The van der Waals surface area contributed by atoms with Gasteiger partial charge in [-0.05, 0) is 18.3 Å². The minimum absolute atomic E-state index is 0.731. The van der Waals surface area contributed by atoms with E-state index in [1.165, 1.54) is 25.7 Å². The number of methoxy groups -OCH3 is 1. The summed E-state index contributed by atoms with van der Waals surface area (Å²) in [6.07, 6.45) is 5.37. The van der Waals surface area contributed by atoms with Gasteiger partial charge in [-0.25, -0.2) is 0 Å². The highest BCUT2D eigenvalue weighted by Gasteiger charge is 2.05. The number of hydrogen-bond acceptors (Lipinski definition) is 1. The normalized spacial score (nSPS) is 16.0. The summed E-state index contributed by atoms with van der Waals surface area (Å²) in [6, 6.07) is 0. The Kier molecular flexibility index (Phi) is 7.58. The van der Waals surface area contributed by atoms with Crippen molar-refractivity contribution in [3.05, 3.63) is 0 Å². The average Bonchev–Trinajstić information content (AvgIpc) is 2.02. The third kappa shape index (κ3) is 6.66. The SMILES string of the molecule is CCCC(C)CC[C@@H](C)COC. The Morgan fingerprint density at radius 1 is 1.00 bits per heavy atom.